The van der Waals surface area contributed by atoms with Gasteiger partial charge in [0.2, 0.25) is 15.9 Å². The Labute approximate surface area is 154 Å². The number of hydrogen-bond donors (Lipinski definition) is 2. The quantitative estimate of drug-likeness (QED) is 0.704. The molecule has 7 nitrogen and oxygen atoms in total. The average molecular weight is 379 g/mol. The van der Waals surface area contributed by atoms with Crippen LogP contribution in [0, 0.1) is 5.92 Å². The molecule has 0 spiro atoms. The number of amides is 2. The molecule has 1 saturated heterocycles. The van der Waals surface area contributed by atoms with Crippen LogP contribution < -0.4 is 10.6 Å². The van der Waals surface area contributed by atoms with Crippen molar-refractivity contribution in [3.8, 4) is 0 Å². The maximum Gasteiger partial charge on any atom is 0.253 e. The minimum atomic E-state index is -3.31. The standard InChI is InChI=1S/C18H25N3O4S/c1-3-11-19-18(23)15-9-5-6-10-16(15)20-17(22)14-8-7-12-21(13-14)26(24,25)4-2/h3,5-6,9-10,14H,1,4,7-8,11-13H2,2H3,(H,19,23)(H,20,22). The Morgan fingerprint density at radius 2 is 2.08 bits per heavy atom. The van der Waals surface area contributed by atoms with Crippen molar-refractivity contribution in [2.45, 2.75) is 19.8 Å². The van der Waals surface area contributed by atoms with Gasteiger partial charge in [0.25, 0.3) is 5.91 Å². The molecule has 8 heteroatoms. The van der Waals surface area contributed by atoms with E-state index >= 15 is 0 Å². The van der Waals surface area contributed by atoms with E-state index in [-0.39, 0.29) is 24.1 Å². The first kappa shape index (κ1) is 20.1. The van der Waals surface area contributed by atoms with Gasteiger partial charge in [-0.25, -0.2) is 12.7 Å². The molecule has 142 valence electrons. The Balaban J connectivity index is 2.10. The number of rotatable bonds is 7. The molecule has 0 aromatic heterocycles. The molecule has 2 N–H and O–H groups in total. The highest BCUT2D eigenvalue weighted by atomic mass is 32.2. The number of benzene rings is 1. The predicted molar refractivity (Wildman–Crippen MR) is 101 cm³/mol. The lowest BCUT2D eigenvalue weighted by Crippen LogP contribution is -2.44. The third-order valence-electron chi connectivity index (χ3n) is 4.35. The highest BCUT2D eigenvalue weighted by molar-refractivity contribution is 7.89. The van der Waals surface area contributed by atoms with Gasteiger partial charge in [0.1, 0.15) is 0 Å². The van der Waals surface area contributed by atoms with E-state index in [1.54, 1.807) is 37.3 Å². The normalized spacial score (nSPS) is 18.1. The van der Waals surface area contributed by atoms with Crippen molar-refractivity contribution in [2.75, 3.05) is 30.7 Å². The Bertz CT molecular complexity index is 776. The maximum atomic E-state index is 12.6. The summed E-state index contributed by atoms with van der Waals surface area (Å²) in [5.74, 6) is -0.993. The van der Waals surface area contributed by atoms with Gasteiger partial charge < -0.3 is 10.6 Å². The summed E-state index contributed by atoms with van der Waals surface area (Å²) in [7, 11) is -3.31. The molecule has 1 unspecified atom stereocenters. The topological polar surface area (TPSA) is 95.6 Å². The van der Waals surface area contributed by atoms with Gasteiger partial charge in [0, 0.05) is 19.6 Å². The molecule has 2 rings (SSSR count). The second-order valence-corrected chi connectivity index (χ2v) is 8.39. The van der Waals surface area contributed by atoms with E-state index in [1.165, 1.54) is 4.31 Å². The van der Waals surface area contributed by atoms with Gasteiger partial charge in [-0.1, -0.05) is 18.2 Å². The minimum Gasteiger partial charge on any atom is -0.349 e. The van der Waals surface area contributed by atoms with Crippen LogP contribution in [0.1, 0.15) is 30.1 Å². The number of carbonyl (C=O) groups is 2. The van der Waals surface area contributed by atoms with Crippen molar-refractivity contribution in [3.05, 3.63) is 42.5 Å². The van der Waals surface area contributed by atoms with Crippen LogP contribution in [0.3, 0.4) is 0 Å². The van der Waals surface area contributed by atoms with Crippen LogP contribution in [0.2, 0.25) is 0 Å². The van der Waals surface area contributed by atoms with E-state index < -0.39 is 15.9 Å². The number of hydrogen-bond acceptors (Lipinski definition) is 4. The van der Waals surface area contributed by atoms with E-state index in [0.29, 0.717) is 37.2 Å². The molecule has 0 bridgehead atoms. The van der Waals surface area contributed by atoms with Crippen molar-refractivity contribution >= 4 is 27.5 Å². The number of sulfonamides is 1. The lowest BCUT2D eigenvalue weighted by atomic mass is 9.98. The van der Waals surface area contributed by atoms with Gasteiger partial charge in [0.15, 0.2) is 0 Å². The summed E-state index contributed by atoms with van der Waals surface area (Å²) < 4.78 is 25.5. The fourth-order valence-electron chi connectivity index (χ4n) is 2.88. The number of nitrogens with zero attached hydrogens (tertiary/aromatic N) is 1. The minimum absolute atomic E-state index is 0.0215. The van der Waals surface area contributed by atoms with Crippen molar-refractivity contribution in [3.63, 3.8) is 0 Å². The van der Waals surface area contributed by atoms with E-state index in [1.807, 2.05) is 0 Å². The third-order valence-corrected chi connectivity index (χ3v) is 6.20. The van der Waals surface area contributed by atoms with Crippen molar-refractivity contribution in [1.29, 1.82) is 0 Å². The van der Waals surface area contributed by atoms with Gasteiger partial charge in [0.05, 0.1) is 22.9 Å². The molecule has 1 aliphatic rings. The molecule has 26 heavy (non-hydrogen) atoms. The first-order chi connectivity index (χ1) is 12.4. The van der Waals surface area contributed by atoms with E-state index in [2.05, 4.69) is 17.2 Å². The third kappa shape index (κ3) is 4.92. The number of anilines is 1. The zero-order valence-corrected chi connectivity index (χ0v) is 15.7. The summed E-state index contributed by atoms with van der Waals surface area (Å²) >= 11 is 0. The predicted octanol–water partition coefficient (Wildman–Crippen LogP) is 1.60. The lowest BCUT2D eigenvalue weighted by molar-refractivity contribution is -0.120. The number of piperidine rings is 1. The molecule has 0 aliphatic carbocycles. The summed E-state index contributed by atoms with van der Waals surface area (Å²) in [5, 5.41) is 5.46. The fourth-order valence-corrected chi connectivity index (χ4v) is 4.06. The Hall–Kier alpha value is -2.19. The summed E-state index contributed by atoms with van der Waals surface area (Å²) in [4.78, 5) is 24.8. The van der Waals surface area contributed by atoms with Crippen molar-refractivity contribution in [2.24, 2.45) is 5.92 Å². The van der Waals surface area contributed by atoms with Crippen LogP contribution in [0.4, 0.5) is 5.69 Å². The first-order valence-corrected chi connectivity index (χ1v) is 10.3. The first-order valence-electron chi connectivity index (χ1n) is 8.65. The molecule has 1 heterocycles. The van der Waals surface area contributed by atoms with E-state index in [0.717, 1.165) is 0 Å². The number of para-hydroxylation sites is 1. The molecule has 0 saturated carbocycles. The summed E-state index contributed by atoms with van der Waals surface area (Å²) in [6.07, 6.45) is 2.83. The van der Waals surface area contributed by atoms with Crippen molar-refractivity contribution in [1.82, 2.24) is 9.62 Å². The van der Waals surface area contributed by atoms with Crippen LogP contribution in [0.5, 0.6) is 0 Å². The largest absolute Gasteiger partial charge is 0.349 e. The smallest absolute Gasteiger partial charge is 0.253 e. The molecule has 1 aromatic carbocycles. The van der Waals surface area contributed by atoms with Gasteiger partial charge in [-0.2, -0.15) is 0 Å². The van der Waals surface area contributed by atoms with Gasteiger partial charge >= 0.3 is 0 Å². The molecular formula is C18H25N3O4S. The summed E-state index contributed by atoms with van der Waals surface area (Å²) in [6.45, 7) is 6.09. The van der Waals surface area contributed by atoms with Gasteiger partial charge in [-0.05, 0) is 31.9 Å². The fraction of sp³-hybridized carbons (Fsp3) is 0.444. The molecular weight excluding hydrogens is 354 g/mol. The van der Waals surface area contributed by atoms with Crippen LogP contribution in [0.15, 0.2) is 36.9 Å². The number of carbonyl (C=O) groups excluding carboxylic acids is 2. The molecule has 2 amide bonds. The zero-order valence-electron chi connectivity index (χ0n) is 14.9. The van der Waals surface area contributed by atoms with E-state index in [4.69, 9.17) is 0 Å². The highest BCUT2D eigenvalue weighted by Crippen LogP contribution is 2.22. The second-order valence-electron chi connectivity index (χ2n) is 6.13. The Kier molecular flexibility index (Phi) is 6.93. The summed E-state index contributed by atoms with van der Waals surface area (Å²) in [6, 6.07) is 6.73. The van der Waals surface area contributed by atoms with Crippen molar-refractivity contribution < 1.29 is 18.0 Å². The SMILES string of the molecule is C=CCNC(=O)c1ccccc1NC(=O)C1CCCN(S(=O)(=O)CC)C1. The number of nitrogens with one attached hydrogen (secondary N) is 2. The van der Waals surface area contributed by atoms with Gasteiger partial charge in [-0.15, -0.1) is 6.58 Å². The second kappa shape index (κ2) is 8.95. The molecule has 1 fully saturated rings. The Morgan fingerprint density at radius 1 is 1.35 bits per heavy atom. The lowest BCUT2D eigenvalue weighted by Gasteiger charge is -2.31. The zero-order chi connectivity index (χ0) is 19.2. The van der Waals surface area contributed by atoms with Gasteiger partial charge in [-0.3, -0.25) is 9.59 Å². The average Bonchev–Trinajstić information content (AvgIpc) is 2.66. The molecule has 1 aromatic rings. The van der Waals surface area contributed by atoms with Crippen LogP contribution in [-0.2, 0) is 14.8 Å². The maximum absolute atomic E-state index is 12.6. The summed E-state index contributed by atoms with van der Waals surface area (Å²) in [5.41, 5.74) is 0.770. The van der Waals surface area contributed by atoms with Crippen LogP contribution in [-0.4, -0.2) is 49.9 Å². The molecule has 1 aliphatic heterocycles. The highest BCUT2D eigenvalue weighted by Gasteiger charge is 2.31. The monoisotopic (exact) mass is 379 g/mol. The van der Waals surface area contributed by atoms with Crippen LogP contribution in [0.25, 0.3) is 0 Å². The Morgan fingerprint density at radius 3 is 2.77 bits per heavy atom. The van der Waals surface area contributed by atoms with E-state index in [9.17, 15) is 18.0 Å². The molecule has 0 radical (unpaired) electrons. The molecule has 1 atom stereocenters. The van der Waals surface area contributed by atoms with Crippen LogP contribution >= 0.6 is 0 Å².